The van der Waals surface area contributed by atoms with Gasteiger partial charge in [0.15, 0.2) is 0 Å². The Morgan fingerprint density at radius 1 is 1.05 bits per heavy atom. The van der Waals surface area contributed by atoms with Crippen LogP contribution in [0.4, 0.5) is 0 Å². The first-order valence-electron chi connectivity index (χ1n) is 7.29. The number of methoxy groups -OCH3 is 1. The van der Waals surface area contributed by atoms with Gasteiger partial charge in [-0.15, -0.1) is 0 Å². The molecule has 19 heavy (non-hydrogen) atoms. The molecule has 0 unspecified atom stereocenters. The van der Waals surface area contributed by atoms with E-state index in [4.69, 9.17) is 4.74 Å². The number of rotatable bonds is 7. The molecular formula is C14H26N2O3. The average Bonchev–Trinajstić information content (AvgIpc) is 2.44. The molecule has 0 atom stereocenters. The highest BCUT2D eigenvalue weighted by Gasteiger charge is 2.15. The lowest BCUT2D eigenvalue weighted by atomic mass is 9.87. The summed E-state index contributed by atoms with van der Waals surface area (Å²) in [5.74, 6) is -0.341. The maximum atomic E-state index is 11.5. The molecule has 0 spiro atoms. The summed E-state index contributed by atoms with van der Waals surface area (Å²) in [4.78, 5) is 22.9. The second kappa shape index (κ2) is 9.78. The van der Waals surface area contributed by atoms with Gasteiger partial charge in [-0.25, -0.2) is 0 Å². The lowest BCUT2D eigenvalue weighted by Gasteiger charge is -2.21. The van der Waals surface area contributed by atoms with E-state index >= 15 is 0 Å². The zero-order valence-electron chi connectivity index (χ0n) is 11.9. The zero-order valence-corrected chi connectivity index (χ0v) is 11.9. The summed E-state index contributed by atoms with van der Waals surface area (Å²) in [5, 5.41) is 5.26. The number of nitrogens with one attached hydrogen (secondary N) is 2. The molecule has 1 rings (SSSR count). The fourth-order valence-corrected chi connectivity index (χ4v) is 2.44. The van der Waals surface area contributed by atoms with Crippen LogP contribution in [0.15, 0.2) is 0 Å². The van der Waals surface area contributed by atoms with Gasteiger partial charge in [-0.1, -0.05) is 32.1 Å². The molecule has 110 valence electrons. The van der Waals surface area contributed by atoms with E-state index in [1.165, 1.54) is 32.1 Å². The van der Waals surface area contributed by atoms with Crippen molar-refractivity contribution in [3.63, 3.8) is 0 Å². The normalized spacial score (nSPS) is 16.1. The van der Waals surface area contributed by atoms with Crippen LogP contribution in [0.25, 0.3) is 0 Å². The molecule has 0 aromatic carbocycles. The molecule has 0 saturated heterocycles. The van der Waals surface area contributed by atoms with Crippen LogP contribution in [0.2, 0.25) is 0 Å². The Balaban J connectivity index is 2.04. The van der Waals surface area contributed by atoms with E-state index in [0.29, 0.717) is 19.7 Å². The van der Waals surface area contributed by atoms with Crippen LogP contribution in [0, 0.1) is 5.92 Å². The van der Waals surface area contributed by atoms with E-state index in [9.17, 15) is 9.59 Å². The number of amides is 2. The van der Waals surface area contributed by atoms with Crippen molar-refractivity contribution >= 4 is 11.8 Å². The molecule has 2 N–H and O–H groups in total. The van der Waals surface area contributed by atoms with Crippen LogP contribution < -0.4 is 10.6 Å². The second-order valence-corrected chi connectivity index (χ2v) is 5.15. The Kier molecular flexibility index (Phi) is 8.21. The highest BCUT2D eigenvalue weighted by Crippen LogP contribution is 2.25. The van der Waals surface area contributed by atoms with Crippen molar-refractivity contribution in [1.29, 1.82) is 0 Å². The van der Waals surface area contributed by atoms with Crippen molar-refractivity contribution in [2.75, 3.05) is 26.8 Å². The van der Waals surface area contributed by atoms with Crippen molar-refractivity contribution in [3.8, 4) is 0 Å². The summed E-state index contributed by atoms with van der Waals surface area (Å²) in [5.41, 5.74) is 0. The molecule has 0 radical (unpaired) electrons. The second-order valence-electron chi connectivity index (χ2n) is 5.15. The van der Waals surface area contributed by atoms with Gasteiger partial charge in [0.05, 0.1) is 0 Å². The molecule has 5 nitrogen and oxygen atoms in total. The van der Waals surface area contributed by atoms with Crippen molar-refractivity contribution in [2.24, 2.45) is 5.92 Å². The highest BCUT2D eigenvalue weighted by atomic mass is 16.5. The Bertz CT molecular complexity index is 276. The van der Waals surface area contributed by atoms with Crippen molar-refractivity contribution in [1.82, 2.24) is 10.6 Å². The quantitative estimate of drug-likeness (QED) is 0.540. The van der Waals surface area contributed by atoms with E-state index in [1.54, 1.807) is 7.11 Å². The van der Waals surface area contributed by atoms with Crippen molar-refractivity contribution < 1.29 is 14.3 Å². The van der Waals surface area contributed by atoms with Gasteiger partial charge in [-0.05, 0) is 18.8 Å². The van der Waals surface area contributed by atoms with E-state index in [1.807, 2.05) is 0 Å². The molecule has 0 bridgehead atoms. The summed E-state index contributed by atoms with van der Waals surface area (Å²) < 4.78 is 4.86. The topological polar surface area (TPSA) is 67.4 Å². The van der Waals surface area contributed by atoms with Crippen LogP contribution in [0.5, 0.6) is 0 Å². The Morgan fingerprint density at radius 3 is 2.32 bits per heavy atom. The maximum Gasteiger partial charge on any atom is 0.309 e. The fraction of sp³-hybridized carbons (Fsp3) is 0.857. The van der Waals surface area contributed by atoms with Gasteiger partial charge in [0.25, 0.3) is 0 Å². The van der Waals surface area contributed by atoms with Crippen LogP contribution in [-0.4, -0.2) is 38.6 Å². The monoisotopic (exact) mass is 270 g/mol. The fourth-order valence-electron chi connectivity index (χ4n) is 2.44. The first-order valence-corrected chi connectivity index (χ1v) is 7.29. The molecule has 1 fully saturated rings. The molecule has 0 heterocycles. The molecular weight excluding hydrogens is 244 g/mol. The van der Waals surface area contributed by atoms with Gasteiger partial charge >= 0.3 is 11.8 Å². The molecule has 0 aromatic heterocycles. The SMILES string of the molecule is COCCCNC(=O)C(=O)NCCC1CCCCC1. The summed E-state index contributed by atoms with van der Waals surface area (Å²) in [6.45, 7) is 1.67. The lowest BCUT2D eigenvalue weighted by Crippen LogP contribution is -2.41. The molecule has 1 aliphatic carbocycles. The van der Waals surface area contributed by atoms with Crippen molar-refractivity contribution in [2.45, 2.75) is 44.9 Å². The molecule has 1 aliphatic rings. The van der Waals surface area contributed by atoms with Crippen LogP contribution in [-0.2, 0) is 14.3 Å². The summed E-state index contributed by atoms with van der Waals surface area (Å²) in [6, 6.07) is 0. The van der Waals surface area contributed by atoms with Crippen LogP contribution >= 0.6 is 0 Å². The average molecular weight is 270 g/mol. The third-order valence-corrected chi connectivity index (χ3v) is 3.58. The van der Waals surface area contributed by atoms with E-state index in [0.717, 1.165) is 18.8 Å². The highest BCUT2D eigenvalue weighted by molar-refractivity contribution is 6.35. The third kappa shape index (κ3) is 7.15. The summed E-state index contributed by atoms with van der Waals surface area (Å²) >= 11 is 0. The minimum absolute atomic E-state index is 0.475. The largest absolute Gasteiger partial charge is 0.385 e. The van der Waals surface area contributed by atoms with E-state index in [-0.39, 0.29) is 0 Å². The molecule has 2 amide bonds. The Labute approximate surface area is 115 Å². The number of carbonyl (C=O) groups is 2. The standard InChI is InChI=1S/C14H26N2O3/c1-19-11-5-9-15-13(17)14(18)16-10-8-12-6-3-2-4-7-12/h12H,2-11H2,1H3,(H,15,17)(H,16,18). The Hall–Kier alpha value is -1.10. The minimum Gasteiger partial charge on any atom is -0.385 e. The van der Waals surface area contributed by atoms with Gasteiger partial charge in [0.2, 0.25) is 0 Å². The van der Waals surface area contributed by atoms with Gasteiger partial charge in [-0.2, -0.15) is 0 Å². The molecule has 0 aliphatic heterocycles. The maximum absolute atomic E-state index is 11.5. The number of hydrogen-bond acceptors (Lipinski definition) is 3. The van der Waals surface area contributed by atoms with E-state index < -0.39 is 11.8 Å². The molecule has 0 aromatic rings. The smallest absolute Gasteiger partial charge is 0.309 e. The Morgan fingerprint density at radius 2 is 1.68 bits per heavy atom. The summed E-state index contributed by atoms with van der Waals surface area (Å²) in [6.07, 6.45) is 8.18. The minimum atomic E-state index is -0.542. The van der Waals surface area contributed by atoms with Crippen molar-refractivity contribution in [3.05, 3.63) is 0 Å². The van der Waals surface area contributed by atoms with Crippen LogP contribution in [0.1, 0.15) is 44.9 Å². The summed E-state index contributed by atoms with van der Waals surface area (Å²) in [7, 11) is 1.61. The van der Waals surface area contributed by atoms with Gasteiger partial charge in [-0.3, -0.25) is 9.59 Å². The predicted molar refractivity (Wildman–Crippen MR) is 73.7 cm³/mol. The van der Waals surface area contributed by atoms with Gasteiger partial charge in [0.1, 0.15) is 0 Å². The number of carbonyl (C=O) groups excluding carboxylic acids is 2. The lowest BCUT2D eigenvalue weighted by molar-refractivity contribution is -0.139. The molecule has 1 saturated carbocycles. The molecule has 5 heteroatoms. The number of ether oxygens (including phenoxy) is 1. The zero-order chi connectivity index (χ0) is 13.9. The van der Waals surface area contributed by atoms with Gasteiger partial charge in [0, 0.05) is 26.8 Å². The number of hydrogen-bond donors (Lipinski definition) is 2. The first kappa shape index (κ1) is 16.0. The third-order valence-electron chi connectivity index (χ3n) is 3.58. The first-order chi connectivity index (χ1) is 9.24. The van der Waals surface area contributed by atoms with Crippen LogP contribution in [0.3, 0.4) is 0 Å². The predicted octanol–water partition coefficient (Wildman–Crippen LogP) is 1.23. The van der Waals surface area contributed by atoms with E-state index in [2.05, 4.69) is 10.6 Å². The van der Waals surface area contributed by atoms with Gasteiger partial charge < -0.3 is 15.4 Å².